The van der Waals surface area contributed by atoms with Crippen molar-refractivity contribution in [3.8, 4) is 0 Å². The molecule has 2 bridgehead atoms. The van der Waals surface area contributed by atoms with E-state index in [-0.39, 0.29) is 5.92 Å². The smallest absolute Gasteiger partial charge is 0.168 e. The van der Waals surface area contributed by atoms with Crippen LogP contribution < -0.4 is 0 Å². The van der Waals surface area contributed by atoms with Crippen LogP contribution in [0.25, 0.3) is 11.1 Å². The molecule has 2 heterocycles. The average Bonchev–Trinajstić information content (AvgIpc) is 3.28. The van der Waals surface area contributed by atoms with E-state index in [1.807, 2.05) is 11.4 Å². The summed E-state index contributed by atoms with van der Waals surface area (Å²) in [6, 6.07) is 4.06. The minimum absolute atomic E-state index is 0.153. The third-order valence-corrected chi connectivity index (χ3v) is 5.94. The van der Waals surface area contributed by atoms with Crippen molar-refractivity contribution in [2.24, 2.45) is 23.7 Å². The molecule has 0 saturated heterocycles. The van der Waals surface area contributed by atoms with Crippen LogP contribution in [0.1, 0.15) is 17.5 Å². The lowest BCUT2D eigenvalue weighted by atomic mass is 9.80. The molecule has 0 aliphatic heterocycles. The minimum atomic E-state index is 0.153. The summed E-state index contributed by atoms with van der Waals surface area (Å²) in [4.78, 5) is 13.1. The summed E-state index contributed by atoms with van der Waals surface area (Å²) < 4.78 is 5.30. The van der Waals surface area contributed by atoms with Gasteiger partial charge in [0.2, 0.25) is 0 Å². The molecule has 104 valence electrons. The Labute approximate surface area is 126 Å². The van der Waals surface area contributed by atoms with Gasteiger partial charge in [-0.15, -0.1) is 0 Å². The quantitative estimate of drug-likeness (QED) is 0.774. The third kappa shape index (κ3) is 1.45. The number of rotatable bonds is 2. The van der Waals surface area contributed by atoms with E-state index in [0.29, 0.717) is 23.5 Å². The maximum atomic E-state index is 13.1. The second-order valence-corrected chi connectivity index (χ2v) is 6.96. The van der Waals surface area contributed by atoms with Crippen molar-refractivity contribution < 1.29 is 9.21 Å². The molecule has 1 saturated carbocycles. The second kappa shape index (κ2) is 4.08. The molecule has 1 fully saturated rings. The van der Waals surface area contributed by atoms with Crippen molar-refractivity contribution in [1.82, 2.24) is 0 Å². The maximum Gasteiger partial charge on any atom is 0.168 e. The van der Waals surface area contributed by atoms with Crippen LogP contribution in [0, 0.1) is 23.7 Å². The van der Waals surface area contributed by atoms with E-state index in [9.17, 15) is 4.79 Å². The van der Waals surface area contributed by atoms with E-state index in [1.54, 1.807) is 23.9 Å². The van der Waals surface area contributed by atoms with E-state index in [1.165, 1.54) is 5.57 Å². The maximum absolute atomic E-state index is 13.1. The Morgan fingerprint density at radius 2 is 1.95 bits per heavy atom. The normalized spacial score (nSPS) is 33.2. The predicted octanol–water partition coefficient (Wildman–Crippen LogP) is 4.27. The van der Waals surface area contributed by atoms with Crippen molar-refractivity contribution >= 4 is 28.3 Å². The number of carbonyl (C=O) groups is 1. The van der Waals surface area contributed by atoms with Gasteiger partial charge in [0, 0.05) is 23.0 Å². The van der Waals surface area contributed by atoms with E-state index in [0.717, 1.165) is 23.1 Å². The Kier molecular flexibility index (Phi) is 2.28. The Bertz CT molecular complexity index is 764. The van der Waals surface area contributed by atoms with Gasteiger partial charge in [0.25, 0.3) is 0 Å². The molecule has 0 aromatic carbocycles. The first-order valence-corrected chi connectivity index (χ1v) is 8.30. The average molecular weight is 294 g/mol. The van der Waals surface area contributed by atoms with Gasteiger partial charge in [-0.25, -0.2) is 0 Å². The highest BCUT2D eigenvalue weighted by molar-refractivity contribution is 7.08. The van der Waals surface area contributed by atoms with Gasteiger partial charge in [0.1, 0.15) is 0 Å². The fourth-order valence-electron chi connectivity index (χ4n) is 4.50. The summed E-state index contributed by atoms with van der Waals surface area (Å²) >= 11 is 1.65. The molecule has 3 heteroatoms. The van der Waals surface area contributed by atoms with Crippen molar-refractivity contribution in [3.63, 3.8) is 0 Å². The van der Waals surface area contributed by atoms with Crippen LogP contribution in [-0.2, 0) is 4.79 Å². The lowest BCUT2D eigenvalue weighted by Gasteiger charge is -2.21. The third-order valence-electron chi connectivity index (χ3n) is 5.25. The molecular weight excluding hydrogens is 280 g/mol. The molecule has 2 nitrogen and oxygen atoms in total. The highest BCUT2D eigenvalue weighted by atomic mass is 32.1. The number of furan rings is 1. The second-order valence-electron chi connectivity index (χ2n) is 6.18. The number of hydrogen-bond donors (Lipinski definition) is 0. The highest BCUT2D eigenvalue weighted by Gasteiger charge is 2.55. The zero-order valence-electron chi connectivity index (χ0n) is 11.4. The van der Waals surface area contributed by atoms with Crippen LogP contribution in [0.3, 0.4) is 0 Å². The summed E-state index contributed by atoms with van der Waals surface area (Å²) in [5.41, 5.74) is 4.31. The van der Waals surface area contributed by atoms with Gasteiger partial charge in [0.05, 0.1) is 12.5 Å². The summed E-state index contributed by atoms with van der Waals surface area (Å²) in [5, 5.41) is 4.13. The van der Waals surface area contributed by atoms with Gasteiger partial charge in [0.15, 0.2) is 5.78 Å². The summed E-state index contributed by atoms with van der Waals surface area (Å²) in [6.45, 7) is 0. The van der Waals surface area contributed by atoms with Crippen LogP contribution in [0.4, 0.5) is 0 Å². The first-order valence-electron chi connectivity index (χ1n) is 7.36. The lowest BCUT2D eigenvalue weighted by molar-refractivity contribution is -0.117. The number of fused-ring (bicyclic) bond motifs is 5. The van der Waals surface area contributed by atoms with Gasteiger partial charge >= 0.3 is 0 Å². The zero-order chi connectivity index (χ0) is 14.0. The molecule has 4 atom stereocenters. The van der Waals surface area contributed by atoms with Gasteiger partial charge < -0.3 is 4.42 Å². The van der Waals surface area contributed by atoms with Crippen molar-refractivity contribution in [3.05, 3.63) is 58.7 Å². The highest BCUT2D eigenvalue weighted by Crippen LogP contribution is 2.60. The van der Waals surface area contributed by atoms with Crippen LogP contribution >= 0.6 is 11.3 Å². The topological polar surface area (TPSA) is 30.2 Å². The number of hydrogen-bond acceptors (Lipinski definition) is 3. The van der Waals surface area contributed by atoms with E-state index in [4.69, 9.17) is 4.42 Å². The fraction of sp³-hybridized carbons (Fsp3) is 0.278. The van der Waals surface area contributed by atoms with E-state index >= 15 is 0 Å². The Hall–Kier alpha value is -1.87. The standard InChI is InChI=1S/C18H14O2S/c19-18-16-11-2-1-10(7-11)14(16)15(12-3-5-20-8-12)17(18)13-4-6-21-9-13/h1-6,8-11,14,16H,7H2/t10-,11+,14-,16-/m1/s1. The molecule has 0 radical (unpaired) electrons. The van der Waals surface area contributed by atoms with E-state index in [2.05, 4.69) is 23.6 Å². The number of carbonyl (C=O) groups excluding carboxylic acids is 1. The molecular formula is C18H14O2S. The van der Waals surface area contributed by atoms with Crippen LogP contribution in [0.5, 0.6) is 0 Å². The molecule has 3 aliphatic rings. The molecule has 0 amide bonds. The predicted molar refractivity (Wildman–Crippen MR) is 82.6 cm³/mol. The Morgan fingerprint density at radius 3 is 2.67 bits per heavy atom. The lowest BCUT2D eigenvalue weighted by Crippen LogP contribution is -2.21. The largest absolute Gasteiger partial charge is 0.472 e. The monoisotopic (exact) mass is 294 g/mol. The molecule has 2 aromatic rings. The molecule has 0 spiro atoms. The van der Waals surface area contributed by atoms with Crippen LogP contribution in [0.15, 0.2) is 52.0 Å². The van der Waals surface area contributed by atoms with Crippen LogP contribution in [0.2, 0.25) is 0 Å². The van der Waals surface area contributed by atoms with Crippen molar-refractivity contribution in [2.75, 3.05) is 0 Å². The Balaban J connectivity index is 1.76. The minimum Gasteiger partial charge on any atom is -0.472 e. The van der Waals surface area contributed by atoms with Crippen molar-refractivity contribution in [2.45, 2.75) is 6.42 Å². The molecule has 3 aliphatic carbocycles. The molecule has 21 heavy (non-hydrogen) atoms. The van der Waals surface area contributed by atoms with Crippen molar-refractivity contribution in [1.29, 1.82) is 0 Å². The Morgan fingerprint density at radius 1 is 1.10 bits per heavy atom. The van der Waals surface area contributed by atoms with Gasteiger partial charge in [-0.2, -0.15) is 11.3 Å². The SMILES string of the molecule is O=C1C(c2ccsc2)=C(c2ccoc2)[C@@H]2[C@H]1[C@H]1C=C[C@@H]2C1. The number of thiophene rings is 1. The summed E-state index contributed by atoms with van der Waals surface area (Å²) in [7, 11) is 0. The molecule has 2 aromatic heterocycles. The summed E-state index contributed by atoms with van der Waals surface area (Å²) in [6.07, 6.45) is 9.20. The fourth-order valence-corrected chi connectivity index (χ4v) is 5.15. The molecule has 5 rings (SSSR count). The van der Waals surface area contributed by atoms with Gasteiger partial charge in [-0.3, -0.25) is 4.79 Å². The number of allylic oxidation sites excluding steroid dienone is 4. The van der Waals surface area contributed by atoms with Crippen LogP contribution in [-0.4, -0.2) is 5.78 Å². The number of Topliss-reactive ketones (excluding diaryl/α,β-unsaturated/α-hetero) is 1. The zero-order valence-corrected chi connectivity index (χ0v) is 12.2. The van der Waals surface area contributed by atoms with E-state index < -0.39 is 0 Å². The molecule has 0 unspecified atom stereocenters. The molecule has 0 N–H and O–H groups in total. The van der Waals surface area contributed by atoms with Gasteiger partial charge in [-0.1, -0.05) is 12.2 Å². The van der Waals surface area contributed by atoms with Gasteiger partial charge in [-0.05, 0) is 52.3 Å². The summed E-state index contributed by atoms with van der Waals surface area (Å²) in [5.74, 6) is 1.79. The first kappa shape index (κ1) is 11.8. The number of ketones is 1. The first-order chi connectivity index (χ1) is 10.3.